The van der Waals surface area contributed by atoms with E-state index in [0.717, 1.165) is 15.9 Å². The molecule has 4 aromatic carbocycles. The van der Waals surface area contributed by atoms with Gasteiger partial charge in [0.15, 0.2) is 0 Å². The molecule has 0 fully saturated rings. The number of amides is 2. The summed E-state index contributed by atoms with van der Waals surface area (Å²) in [5, 5.41) is 15.2. The summed E-state index contributed by atoms with van der Waals surface area (Å²) < 4.78 is 34.8. The summed E-state index contributed by atoms with van der Waals surface area (Å²) in [4.78, 5) is 40.5. The van der Waals surface area contributed by atoms with Gasteiger partial charge in [0, 0.05) is 36.2 Å². The van der Waals surface area contributed by atoms with E-state index in [-0.39, 0.29) is 40.7 Å². The van der Waals surface area contributed by atoms with Crippen molar-refractivity contribution in [3.05, 3.63) is 129 Å². The zero-order valence-electron chi connectivity index (χ0n) is 27.7. The number of hydrogen-bond acceptors (Lipinski definition) is 7. The SMILES string of the molecule is COc1ccc(N(CC(=O)N(Cc2ccc(Cl)cc2)C(Cc2ccccc2)C(=O)NCC(C)C)S(=O)(=O)c2ccc(C)c([N+](=O)[O-])c2)cc1. The standard InChI is InChI=1S/C36H39ClN4O7S/c1-25(2)22-38-36(43)34(20-27-8-6-5-7-9-27)39(23-28-11-13-29(37)14-12-28)35(42)24-40(30-15-17-31(48-4)18-16-30)49(46,47)32-19-10-26(3)33(21-32)41(44)45/h5-19,21,25,34H,20,22-24H2,1-4H3,(H,38,43). The molecule has 4 aromatic rings. The van der Waals surface area contributed by atoms with Crippen LogP contribution < -0.4 is 14.4 Å². The molecule has 0 aliphatic carbocycles. The Hall–Kier alpha value is -4.94. The van der Waals surface area contributed by atoms with Gasteiger partial charge in [-0.1, -0.05) is 74.0 Å². The largest absolute Gasteiger partial charge is 0.497 e. The molecule has 0 saturated carbocycles. The van der Waals surface area contributed by atoms with E-state index in [1.165, 1.54) is 43.2 Å². The number of anilines is 1. The lowest BCUT2D eigenvalue weighted by molar-refractivity contribution is -0.385. The average Bonchev–Trinajstić information content (AvgIpc) is 3.08. The summed E-state index contributed by atoms with van der Waals surface area (Å²) in [6, 6.07) is 24.7. The van der Waals surface area contributed by atoms with E-state index in [1.807, 2.05) is 44.2 Å². The lowest BCUT2D eigenvalue weighted by Gasteiger charge is -2.34. The van der Waals surface area contributed by atoms with Gasteiger partial charge in [0.2, 0.25) is 11.8 Å². The number of benzene rings is 4. The number of nitrogens with one attached hydrogen (secondary N) is 1. The van der Waals surface area contributed by atoms with Crippen molar-refractivity contribution in [1.29, 1.82) is 0 Å². The normalized spacial score (nSPS) is 11.9. The number of rotatable bonds is 15. The fourth-order valence-corrected chi connectivity index (χ4v) is 6.67. The summed E-state index contributed by atoms with van der Waals surface area (Å²) in [7, 11) is -3.09. The van der Waals surface area contributed by atoms with Crippen molar-refractivity contribution in [2.24, 2.45) is 5.92 Å². The van der Waals surface area contributed by atoms with Crippen molar-refractivity contribution in [3.8, 4) is 5.75 Å². The molecule has 4 rings (SSSR count). The van der Waals surface area contributed by atoms with Gasteiger partial charge in [-0.2, -0.15) is 0 Å². The van der Waals surface area contributed by atoms with Crippen molar-refractivity contribution in [2.75, 3.05) is 24.5 Å². The average molecular weight is 707 g/mol. The van der Waals surface area contributed by atoms with Gasteiger partial charge in [0.1, 0.15) is 18.3 Å². The summed E-state index contributed by atoms with van der Waals surface area (Å²) >= 11 is 6.14. The van der Waals surface area contributed by atoms with E-state index >= 15 is 0 Å². The quantitative estimate of drug-likeness (QED) is 0.115. The fraction of sp³-hybridized carbons (Fsp3) is 0.278. The number of nitrogens with zero attached hydrogens (tertiary/aromatic N) is 3. The van der Waals surface area contributed by atoms with Crippen LogP contribution in [0, 0.1) is 23.0 Å². The predicted molar refractivity (Wildman–Crippen MR) is 189 cm³/mol. The molecular formula is C36H39ClN4O7S. The van der Waals surface area contributed by atoms with Crippen LogP contribution in [0.5, 0.6) is 5.75 Å². The summed E-state index contributed by atoms with van der Waals surface area (Å²) in [6.45, 7) is 5.03. The van der Waals surface area contributed by atoms with Crippen molar-refractivity contribution in [1.82, 2.24) is 10.2 Å². The molecule has 1 atom stereocenters. The number of nitro groups is 1. The number of nitro benzene ring substituents is 1. The Morgan fingerprint density at radius 2 is 1.59 bits per heavy atom. The molecule has 0 aliphatic rings. The molecule has 0 radical (unpaired) electrons. The Bertz CT molecular complexity index is 1870. The Labute approximate surface area is 291 Å². The lowest BCUT2D eigenvalue weighted by atomic mass is 10.0. The van der Waals surface area contributed by atoms with Crippen molar-refractivity contribution in [3.63, 3.8) is 0 Å². The smallest absolute Gasteiger partial charge is 0.273 e. The lowest BCUT2D eigenvalue weighted by Crippen LogP contribution is -2.53. The molecule has 11 nitrogen and oxygen atoms in total. The molecule has 13 heteroatoms. The monoisotopic (exact) mass is 706 g/mol. The third-order valence-electron chi connectivity index (χ3n) is 7.83. The molecule has 1 N–H and O–H groups in total. The molecule has 2 amide bonds. The second-order valence-electron chi connectivity index (χ2n) is 11.9. The van der Waals surface area contributed by atoms with Crippen LogP contribution in [0.1, 0.15) is 30.5 Å². The maximum Gasteiger partial charge on any atom is 0.273 e. The molecule has 1 unspecified atom stereocenters. The zero-order valence-corrected chi connectivity index (χ0v) is 29.3. The van der Waals surface area contributed by atoms with E-state index in [1.54, 1.807) is 36.4 Å². The predicted octanol–water partition coefficient (Wildman–Crippen LogP) is 6.17. The number of ether oxygens (including phenoxy) is 1. The molecule has 258 valence electrons. The van der Waals surface area contributed by atoms with E-state index in [4.69, 9.17) is 16.3 Å². The summed E-state index contributed by atoms with van der Waals surface area (Å²) in [6.07, 6.45) is 0.156. The molecule has 49 heavy (non-hydrogen) atoms. The minimum absolute atomic E-state index is 0.0326. The number of carbonyl (C=O) groups excluding carboxylic acids is 2. The number of carbonyl (C=O) groups is 2. The van der Waals surface area contributed by atoms with Gasteiger partial charge >= 0.3 is 0 Å². The van der Waals surface area contributed by atoms with Crippen molar-refractivity contribution < 1.29 is 27.7 Å². The van der Waals surface area contributed by atoms with Crippen LogP contribution >= 0.6 is 11.6 Å². The van der Waals surface area contributed by atoms with Gasteiger partial charge in [-0.25, -0.2) is 8.42 Å². The fourth-order valence-electron chi connectivity index (χ4n) is 5.11. The molecule has 0 aromatic heterocycles. The Morgan fingerprint density at radius 1 is 0.939 bits per heavy atom. The van der Waals surface area contributed by atoms with Gasteiger partial charge in [-0.3, -0.25) is 24.0 Å². The molecule has 0 bridgehead atoms. The van der Waals surface area contributed by atoms with Crippen LogP contribution in [0.4, 0.5) is 11.4 Å². The molecular weight excluding hydrogens is 668 g/mol. The van der Waals surface area contributed by atoms with Gasteiger partial charge in [-0.15, -0.1) is 0 Å². The van der Waals surface area contributed by atoms with Crippen LogP contribution in [-0.2, 0) is 32.6 Å². The van der Waals surface area contributed by atoms with Gasteiger partial charge in [-0.05, 0) is 66.4 Å². The Morgan fingerprint density at radius 3 is 2.18 bits per heavy atom. The van der Waals surface area contributed by atoms with Crippen LogP contribution in [0.3, 0.4) is 0 Å². The van der Waals surface area contributed by atoms with Crippen molar-refractivity contribution in [2.45, 2.75) is 44.7 Å². The number of aryl methyl sites for hydroxylation is 1. The maximum absolute atomic E-state index is 14.6. The van der Waals surface area contributed by atoms with Gasteiger partial charge in [0.05, 0.1) is 22.6 Å². The van der Waals surface area contributed by atoms with Crippen LogP contribution in [0.15, 0.2) is 102 Å². The highest BCUT2D eigenvalue weighted by molar-refractivity contribution is 7.92. The second kappa shape index (κ2) is 16.4. The first-order valence-corrected chi connectivity index (χ1v) is 17.4. The first-order chi connectivity index (χ1) is 23.3. The molecule has 0 heterocycles. The molecule has 0 spiro atoms. The third kappa shape index (κ3) is 9.58. The Kier molecular flexibility index (Phi) is 12.4. The minimum Gasteiger partial charge on any atom is -0.497 e. The number of halogens is 1. The second-order valence-corrected chi connectivity index (χ2v) is 14.2. The number of sulfonamides is 1. The zero-order chi connectivity index (χ0) is 35.7. The van der Waals surface area contributed by atoms with E-state index in [0.29, 0.717) is 22.9 Å². The van der Waals surface area contributed by atoms with E-state index < -0.39 is 39.3 Å². The number of methoxy groups -OCH3 is 1. The van der Waals surface area contributed by atoms with Gasteiger partial charge < -0.3 is 15.0 Å². The third-order valence-corrected chi connectivity index (χ3v) is 9.85. The highest BCUT2D eigenvalue weighted by atomic mass is 35.5. The highest BCUT2D eigenvalue weighted by Gasteiger charge is 2.35. The molecule has 0 saturated heterocycles. The Balaban J connectivity index is 1.83. The van der Waals surface area contributed by atoms with Crippen molar-refractivity contribution >= 4 is 44.8 Å². The number of hydrogen-bond donors (Lipinski definition) is 1. The maximum atomic E-state index is 14.6. The topological polar surface area (TPSA) is 139 Å². The van der Waals surface area contributed by atoms with E-state index in [9.17, 15) is 28.1 Å². The van der Waals surface area contributed by atoms with Crippen LogP contribution in [0.25, 0.3) is 0 Å². The summed E-state index contributed by atoms with van der Waals surface area (Å²) in [5.41, 5.74) is 1.48. The van der Waals surface area contributed by atoms with Crippen LogP contribution in [0.2, 0.25) is 5.02 Å². The minimum atomic E-state index is -4.56. The van der Waals surface area contributed by atoms with E-state index in [2.05, 4.69) is 5.32 Å². The molecule has 0 aliphatic heterocycles. The summed E-state index contributed by atoms with van der Waals surface area (Å²) in [5.74, 6) is -0.479. The van der Waals surface area contributed by atoms with Crippen LogP contribution in [-0.4, -0.2) is 56.3 Å². The highest BCUT2D eigenvalue weighted by Crippen LogP contribution is 2.30. The first kappa shape index (κ1) is 36.9. The van der Waals surface area contributed by atoms with Gasteiger partial charge in [0.25, 0.3) is 15.7 Å². The first-order valence-electron chi connectivity index (χ1n) is 15.6.